The lowest BCUT2D eigenvalue weighted by atomic mass is 10.1. The maximum atomic E-state index is 13.0. The number of hydrogen-bond donors (Lipinski definition) is 1. The molecular formula is C22H29N3O3. The number of H-pyrrole nitrogens is 1. The molecule has 1 aliphatic heterocycles. The average Bonchev–Trinajstić information content (AvgIpc) is 2.83. The van der Waals surface area contributed by atoms with Crippen molar-refractivity contribution in [1.29, 1.82) is 0 Å². The van der Waals surface area contributed by atoms with Crippen LogP contribution in [0.15, 0.2) is 24.3 Å². The zero-order valence-corrected chi connectivity index (χ0v) is 17.2. The van der Waals surface area contributed by atoms with Gasteiger partial charge in [-0.15, -0.1) is 0 Å². The average molecular weight is 383 g/mol. The van der Waals surface area contributed by atoms with Gasteiger partial charge in [0.15, 0.2) is 5.78 Å². The summed E-state index contributed by atoms with van der Waals surface area (Å²) in [6.07, 6.45) is 0.931. The van der Waals surface area contributed by atoms with Crippen molar-refractivity contribution in [2.24, 2.45) is 0 Å². The van der Waals surface area contributed by atoms with E-state index >= 15 is 0 Å². The molecule has 0 spiro atoms. The number of benzene rings is 1. The molecule has 1 saturated heterocycles. The summed E-state index contributed by atoms with van der Waals surface area (Å²) >= 11 is 0. The first kappa shape index (κ1) is 20.1. The summed E-state index contributed by atoms with van der Waals surface area (Å²) in [5.74, 6) is 0.837. The summed E-state index contributed by atoms with van der Waals surface area (Å²) in [6, 6.07) is 8.12. The highest BCUT2D eigenvalue weighted by atomic mass is 16.5. The molecule has 28 heavy (non-hydrogen) atoms. The van der Waals surface area contributed by atoms with Gasteiger partial charge in [0.05, 0.1) is 7.11 Å². The Morgan fingerprint density at radius 3 is 2.39 bits per heavy atom. The number of nitrogens with zero attached hydrogens (tertiary/aromatic N) is 2. The lowest BCUT2D eigenvalue weighted by molar-refractivity contribution is 0.0755. The van der Waals surface area contributed by atoms with Crippen molar-refractivity contribution in [1.82, 2.24) is 14.8 Å². The number of hydrogen-bond acceptors (Lipinski definition) is 4. The Kier molecular flexibility index (Phi) is 6.19. The van der Waals surface area contributed by atoms with E-state index in [-0.39, 0.29) is 11.7 Å². The Morgan fingerprint density at radius 2 is 1.79 bits per heavy atom. The monoisotopic (exact) mass is 383 g/mol. The van der Waals surface area contributed by atoms with Crippen molar-refractivity contribution < 1.29 is 14.3 Å². The van der Waals surface area contributed by atoms with Gasteiger partial charge < -0.3 is 14.6 Å². The first-order chi connectivity index (χ1) is 13.4. The van der Waals surface area contributed by atoms with Crippen molar-refractivity contribution in [3.05, 3.63) is 52.3 Å². The first-order valence-corrected chi connectivity index (χ1v) is 9.75. The number of methoxy groups -OCH3 is 1. The third kappa shape index (κ3) is 4.28. The van der Waals surface area contributed by atoms with Gasteiger partial charge in [-0.3, -0.25) is 14.5 Å². The Hall–Kier alpha value is -2.60. The van der Waals surface area contributed by atoms with Crippen LogP contribution in [0.5, 0.6) is 5.75 Å². The lowest BCUT2D eigenvalue weighted by Gasteiger charge is -2.22. The number of rotatable bonds is 5. The Labute approximate surface area is 166 Å². The highest BCUT2D eigenvalue weighted by Gasteiger charge is 2.25. The van der Waals surface area contributed by atoms with E-state index in [1.807, 2.05) is 30.9 Å². The largest absolute Gasteiger partial charge is 0.497 e. The number of ether oxygens (including phenoxy) is 1. The smallest absolute Gasteiger partial charge is 0.270 e. The number of amides is 1. The van der Waals surface area contributed by atoms with Crippen LogP contribution in [0.3, 0.4) is 0 Å². The molecule has 0 bridgehead atoms. The van der Waals surface area contributed by atoms with Gasteiger partial charge >= 0.3 is 0 Å². The predicted molar refractivity (Wildman–Crippen MR) is 109 cm³/mol. The number of carbonyl (C=O) groups is 2. The van der Waals surface area contributed by atoms with Gasteiger partial charge in [0.2, 0.25) is 0 Å². The third-order valence-electron chi connectivity index (χ3n) is 5.44. The van der Waals surface area contributed by atoms with Gasteiger partial charge in [0.25, 0.3) is 5.91 Å². The molecule has 0 atom stereocenters. The van der Waals surface area contributed by atoms with E-state index in [1.165, 1.54) is 5.56 Å². The van der Waals surface area contributed by atoms with Crippen molar-refractivity contribution in [3.63, 3.8) is 0 Å². The lowest BCUT2D eigenvalue weighted by Crippen LogP contribution is -2.35. The van der Waals surface area contributed by atoms with E-state index in [0.717, 1.165) is 49.6 Å². The summed E-state index contributed by atoms with van der Waals surface area (Å²) in [6.45, 7) is 9.29. The second kappa shape index (κ2) is 8.61. The van der Waals surface area contributed by atoms with Crippen LogP contribution in [0.1, 0.15) is 51.0 Å². The van der Waals surface area contributed by atoms with Crippen LogP contribution in [0.25, 0.3) is 0 Å². The molecule has 0 saturated carbocycles. The SMILES string of the molecule is COc1ccc(CN2CCCN(C(=O)c3[nH]c(C)c(C(C)=O)c3C)CC2)cc1. The minimum absolute atomic E-state index is 0.00756. The van der Waals surface area contributed by atoms with Crippen LogP contribution < -0.4 is 4.74 Å². The number of aryl methyl sites for hydroxylation is 1. The van der Waals surface area contributed by atoms with Crippen molar-refractivity contribution >= 4 is 11.7 Å². The van der Waals surface area contributed by atoms with Gasteiger partial charge in [0, 0.05) is 44.0 Å². The van der Waals surface area contributed by atoms with Crippen LogP contribution in [0, 0.1) is 13.8 Å². The van der Waals surface area contributed by atoms with E-state index < -0.39 is 0 Å². The van der Waals surface area contributed by atoms with E-state index in [9.17, 15) is 9.59 Å². The van der Waals surface area contributed by atoms with Crippen LogP contribution >= 0.6 is 0 Å². The molecule has 150 valence electrons. The zero-order chi connectivity index (χ0) is 20.3. The number of Topliss-reactive ketones (excluding diaryl/α,β-unsaturated/α-hetero) is 1. The highest BCUT2D eigenvalue weighted by molar-refractivity contribution is 6.02. The number of nitrogens with one attached hydrogen (secondary N) is 1. The number of carbonyl (C=O) groups excluding carboxylic acids is 2. The van der Waals surface area contributed by atoms with Gasteiger partial charge in [-0.1, -0.05) is 12.1 Å². The molecule has 1 aliphatic rings. The topological polar surface area (TPSA) is 65.6 Å². The van der Waals surface area contributed by atoms with Crippen LogP contribution in [0.2, 0.25) is 0 Å². The quantitative estimate of drug-likeness (QED) is 0.806. The molecule has 0 radical (unpaired) electrons. The second-order valence-corrected chi connectivity index (χ2v) is 7.45. The molecule has 0 aliphatic carbocycles. The molecule has 0 unspecified atom stereocenters. The third-order valence-corrected chi connectivity index (χ3v) is 5.44. The van der Waals surface area contributed by atoms with Gasteiger partial charge in [-0.2, -0.15) is 0 Å². The van der Waals surface area contributed by atoms with Crippen molar-refractivity contribution in [2.75, 3.05) is 33.3 Å². The van der Waals surface area contributed by atoms with Gasteiger partial charge in [-0.05, 0) is 50.5 Å². The molecule has 1 aromatic carbocycles. The molecule has 1 aromatic heterocycles. The maximum Gasteiger partial charge on any atom is 0.270 e. The molecular weight excluding hydrogens is 354 g/mol. The van der Waals surface area contributed by atoms with Crippen LogP contribution in [0.4, 0.5) is 0 Å². The Bertz CT molecular complexity index is 855. The maximum absolute atomic E-state index is 13.0. The fraction of sp³-hybridized carbons (Fsp3) is 0.455. The molecule has 1 amide bonds. The molecule has 2 heterocycles. The van der Waals surface area contributed by atoms with Crippen molar-refractivity contribution in [2.45, 2.75) is 33.7 Å². The normalized spacial score (nSPS) is 15.4. The van der Waals surface area contributed by atoms with E-state index in [1.54, 1.807) is 14.0 Å². The number of aromatic nitrogens is 1. The highest BCUT2D eigenvalue weighted by Crippen LogP contribution is 2.21. The molecule has 1 N–H and O–H groups in total. The Balaban J connectivity index is 1.65. The van der Waals surface area contributed by atoms with E-state index in [4.69, 9.17) is 4.74 Å². The zero-order valence-electron chi connectivity index (χ0n) is 17.2. The molecule has 1 fully saturated rings. The summed E-state index contributed by atoms with van der Waals surface area (Å²) < 4.78 is 5.21. The fourth-order valence-electron chi connectivity index (χ4n) is 3.97. The predicted octanol–water partition coefficient (Wildman–Crippen LogP) is 3.19. The number of aromatic amines is 1. The summed E-state index contributed by atoms with van der Waals surface area (Å²) in [5.41, 5.74) is 3.95. The summed E-state index contributed by atoms with van der Waals surface area (Å²) in [7, 11) is 1.67. The Morgan fingerprint density at radius 1 is 1.07 bits per heavy atom. The van der Waals surface area contributed by atoms with E-state index in [0.29, 0.717) is 17.8 Å². The molecule has 6 nitrogen and oxygen atoms in total. The van der Waals surface area contributed by atoms with Gasteiger partial charge in [0.1, 0.15) is 11.4 Å². The standard InChI is InChI=1S/C22H29N3O3/c1-15-20(17(3)26)16(2)23-21(15)22(27)25-11-5-10-24(12-13-25)14-18-6-8-19(28-4)9-7-18/h6-9,23H,5,10-14H2,1-4H3. The number of ketones is 1. The minimum Gasteiger partial charge on any atom is -0.497 e. The van der Waals surface area contributed by atoms with Crippen molar-refractivity contribution in [3.8, 4) is 5.75 Å². The molecule has 6 heteroatoms. The van der Waals surface area contributed by atoms with E-state index in [2.05, 4.69) is 22.0 Å². The first-order valence-electron chi connectivity index (χ1n) is 9.75. The van der Waals surface area contributed by atoms with Crippen LogP contribution in [-0.2, 0) is 6.54 Å². The second-order valence-electron chi connectivity index (χ2n) is 7.45. The van der Waals surface area contributed by atoms with Gasteiger partial charge in [-0.25, -0.2) is 0 Å². The summed E-state index contributed by atoms with van der Waals surface area (Å²) in [5, 5.41) is 0. The van der Waals surface area contributed by atoms with Crippen LogP contribution in [-0.4, -0.2) is 59.8 Å². The minimum atomic E-state index is -0.0144. The fourth-order valence-corrected chi connectivity index (χ4v) is 3.97. The molecule has 3 rings (SSSR count). The molecule has 2 aromatic rings. The summed E-state index contributed by atoms with van der Waals surface area (Å²) in [4.78, 5) is 32.3.